The number of benzene rings is 1. The van der Waals surface area contributed by atoms with Crippen molar-refractivity contribution in [3.05, 3.63) is 54.1 Å². The summed E-state index contributed by atoms with van der Waals surface area (Å²) in [4.78, 5) is 13.6. The minimum atomic E-state index is 0.391. The van der Waals surface area contributed by atoms with Crippen LogP contribution in [0.2, 0.25) is 0 Å². The number of nitrogens with one attached hydrogen (secondary N) is 1. The lowest BCUT2D eigenvalue weighted by Crippen LogP contribution is -2.03. The number of hydrogen-bond acceptors (Lipinski definition) is 4. The molecule has 0 amide bonds. The van der Waals surface area contributed by atoms with Gasteiger partial charge in [0.1, 0.15) is 6.61 Å². The molecule has 0 unspecified atom stereocenters. The highest BCUT2D eigenvalue weighted by Gasteiger charge is 1.95. The lowest BCUT2D eigenvalue weighted by Gasteiger charge is -2.05. The van der Waals surface area contributed by atoms with Crippen molar-refractivity contribution < 1.29 is 4.84 Å². The summed E-state index contributed by atoms with van der Waals surface area (Å²) in [7, 11) is 0. The van der Waals surface area contributed by atoms with E-state index >= 15 is 0 Å². The molecule has 0 aliphatic carbocycles. The Morgan fingerprint density at radius 1 is 1.12 bits per heavy atom. The fourth-order valence-electron chi connectivity index (χ4n) is 1.19. The van der Waals surface area contributed by atoms with Crippen LogP contribution in [0.1, 0.15) is 11.4 Å². The Kier molecular flexibility index (Phi) is 3.46. The second kappa shape index (κ2) is 5.23. The third-order valence-corrected chi connectivity index (χ3v) is 2.02. The number of anilines is 1. The minimum absolute atomic E-state index is 0.391. The molecule has 0 bridgehead atoms. The summed E-state index contributed by atoms with van der Waals surface area (Å²) in [5.41, 5.74) is 5.46. The summed E-state index contributed by atoms with van der Waals surface area (Å²) < 4.78 is 0. The summed E-state index contributed by atoms with van der Waals surface area (Å²) in [5.74, 6) is 0. The predicted molar refractivity (Wildman–Crippen MR) is 61.6 cm³/mol. The van der Waals surface area contributed by atoms with Crippen molar-refractivity contribution in [3.63, 3.8) is 0 Å². The third kappa shape index (κ3) is 3.03. The maximum atomic E-state index is 5.29. The maximum absolute atomic E-state index is 5.29. The molecule has 4 heteroatoms. The van der Waals surface area contributed by atoms with E-state index in [0.717, 1.165) is 17.1 Å². The molecule has 1 aromatic heterocycles. The molecule has 2 rings (SSSR count). The molecule has 1 heterocycles. The number of nitrogens with zero attached hydrogens (tertiary/aromatic N) is 2. The molecular weight excluding hydrogens is 202 g/mol. The molecule has 0 aliphatic rings. The number of aryl methyl sites for hydroxylation is 1. The van der Waals surface area contributed by atoms with E-state index < -0.39 is 0 Å². The van der Waals surface area contributed by atoms with Crippen LogP contribution in [0.15, 0.2) is 42.7 Å². The fraction of sp³-hybridized carbons (Fsp3) is 0.167. The van der Waals surface area contributed by atoms with Crippen LogP contribution >= 0.6 is 0 Å². The van der Waals surface area contributed by atoms with Crippen LogP contribution in [0.25, 0.3) is 0 Å². The first-order valence-electron chi connectivity index (χ1n) is 5.05. The normalized spacial score (nSPS) is 10.1. The minimum Gasteiger partial charge on any atom is -0.270 e. The fourth-order valence-corrected chi connectivity index (χ4v) is 1.19. The molecule has 2 aromatic rings. The molecule has 0 atom stereocenters. The van der Waals surface area contributed by atoms with Gasteiger partial charge in [0.05, 0.1) is 23.3 Å². The zero-order chi connectivity index (χ0) is 11.2. The van der Waals surface area contributed by atoms with Gasteiger partial charge in [-0.1, -0.05) is 18.2 Å². The van der Waals surface area contributed by atoms with Crippen LogP contribution < -0.4 is 5.48 Å². The molecule has 0 spiro atoms. The lowest BCUT2D eigenvalue weighted by atomic mass is 10.3. The SMILES string of the molecule is Cc1cnc(CONc2ccccc2)cn1. The highest BCUT2D eigenvalue weighted by atomic mass is 16.6. The first-order valence-corrected chi connectivity index (χ1v) is 5.05. The Labute approximate surface area is 94.3 Å². The average Bonchev–Trinajstić information content (AvgIpc) is 2.33. The highest BCUT2D eigenvalue weighted by molar-refractivity contribution is 5.39. The van der Waals surface area contributed by atoms with E-state index in [9.17, 15) is 0 Å². The van der Waals surface area contributed by atoms with Crippen LogP contribution in [-0.4, -0.2) is 9.97 Å². The van der Waals surface area contributed by atoms with Gasteiger partial charge in [0, 0.05) is 6.20 Å². The number of rotatable bonds is 4. The highest BCUT2D eigenvalue weighted by Crippen LogP contribution is 2.05. The van der Waals surface area contributed by atoms with Gasteiger partial charge in [-0.15, -0.1) is 0 Å². The van der Waals surface area contributed by atoms with Crippen LogP contribution in [-0.2, 0) is 11.4 Å². The van der Waals surface area contributed by atoms with E-state index in [1.807, 2.05) is 37.3 Å². The van der Waals surface area contributed by atoms with Crippen molar-refractivity contribution in [2.75, 3.05) is 5.48 Å². The van der Waals surface area contributed by atoms with E-state index in [-0.39, 0.29) is 0 Å². The van der Waals surface area contributed by atoms with Gasteiger partial charge in [0.2, 0.25) is 0 Å². The molecular formula is C12H13N3O. The van der Waals surface area contributed by atoms with Crippen molar-refractivity contribution in [2.24, 2.45) is 0 Å². The van der Waals surface area contributed by atoms with E-state index in [1.165, 1.54) is 0 Å². The summed E-state index contributed by atoms with van der Waals surface area (Å²) in [6.45, 7) is 2.29. The monoisotopic (exact) mass is 215 g/mol. The number of aromatic nitrogens is 2. The Balaban J connectivity index is 1.82. The smallest absolute Gasteiger partial charge is 0.118 e. The van der Waals surface area contributed by atoms with Gasteiger partial charge in [-0.25, -0.2) is 0 Å². The Morgan fingerprint density at radius 3 is 2.62 bits per heavy atom. The van der Waals surface area contributed by atoms with Crippen LogP contribution in [0.5, 0.6) is 0 Å². The lowest BCUT2D eigenvalue weighted by molar-refractivity contribution is 0.176. The van der Waals surface area contributed by atoms with Crippen molar-refractivity contribution in [3.8, 4) is 0 Å². The maximum Gasteiger partial charge on any atom is 0.118 e. The molecule has 0 saturated heterocycles. The van der Waals surface area contributed by atoms with Gasteiger partial charge in [-0.2, -0.15) is 0 Å². The van der Waals surface area contributed by atoms with E-state index in [0.29, 0.717) is 6.61 Å². The zero-order valence-corrected chi connectivity index (χ0v) is 9.05. The molecule has 0 aliphatic heterocycles. The van der Waals surface area contributed by atoms with Crippen LogP contribution in [0.3, 0.4) is 0 Å². The van der Waals surface area contributed by atoms with Gasteiger partial charge in [0.25, 0.3) is 0 Å². The summed E-state index contributed by atoms with van der Waals surface area (Å²) >= 11 is 0. The first kappa shape index (κ1) is 10.6. The van der Waals surface area contributed by atoms with Crippen LogP contribution in [0, 0.1) is 6.92 Å². The first-order chi connectivity index (χ1) is 7.84. The molecule has 16 heavy (non-hydrogen) atoms. The van der Waals surface area contributed by atoms with Gasteiger partial charge in [-0.3, -0.25) is 20.3 Å². The largest absolute Gasteiger partial charge is 0.270 e. The standard InChI is InChI=1S/C12H13N3O/c1-10-7-14-12(8-13-10)9-16-15-11-5-3-2-4-6-11/h2-8,15H,9H2,1H3. The second-order valence-electron chi connectivity index (χ2n) is 3.41. The Morgan fingerprint density at radius 2 is 1.94 bits per heavy atom. The topological polar surface area (TPSA) is 47.0 Å². The summed E-state index contributed by atoms with van der Waals surface area (Å²) in [5, 5.41) is 0. The number of para-hydroxylation sites is 1. The molecule has 1 N–H and O–H groups in total. The Hall–Kier alpha value is -1.94. The van der Waals surface area contributed by atoms with Gasteiger partial charge < -0.3 is 0 Å². The Bertz CT molecular complexity index is 428. The molecule has 4 nitrogen and oxygen atoms in total. The zero-order valence-electron chi connectivity index (χ0n) is 9.05. The van der Waals surface area contributed by atoms with Crippen molar-refractivity contribution in [1.29, 1.82) is 0 Å². The van der Waals surface area contributed by atoms with Gasteiger partial charge in [-0.05, 0) is 19.1 Å². The molecule has 1 aromatic carbocycles. The van der Waals surface area contributed by atoms with Gasteiger partial charge in [0.15, 0.2) is 0 Å². The quantitative estimate of drug-likeness (QED) is 0.795. The summed E-state index contributed by atoms with van der Waals surface area (Å²) in [6.07, 6.45) is 3.43. The molecule has 0 saturated carbocycles. The molecule has 0 radical (unpaired) electrons. The van der Waals surface area contributed by atoms with E-state index in [2.05, 4.69) is 15.4 Å². The predicted octanol–water partition coefficient (Wildman–Crippen LogP) is 2.33. The van der Waals surface area contributed by atoms with E-state index in [4.69, 9.17) is 4.84 Å². The van der Waals surface area contributed by atoms with Gasteiger partial charge >= 0.3 is 0 Å². The summed E-state index contributed by atoms with van der Waals surface area (Å²) in [6, 6.07) is 9.70. The van der Waals surface area contributed by atoms with Crippen LogP contribution in [0.4, 0.5) is 5.69 Å². The second-order valence-corrected chi connectivity index (χ2v) is 3.41. The number of hydrogen-bond donors (Lipinski definition) is 1. The van der Waals surface area contributed by atoms with Crippen molar-refractivity contribution >= 4 is 5.69 Å². The molecule has 0 fully saturated rings. The van der Waals surface area contributed by atoms with Crippen molar-refractivity contribution in [1.82, 2.24) is 9.97 Å². The molecule has 82 valence electrons. The average molecular weight is 215 g/mol. The third-order valence-electron chi connectivity index (χ3n) is 2.02. The van der Waals surface area contributed by atoms with Crippen molar-refractivity contribution in [2.45, 2.75) is 13.5 Å². The van der Waals surface area contributed by atoms with E-state index in [1.54, 1.807) is 12.4 Å².